The van der Waals surface area contributed by atoms with Crippen LogP contribution >= 0.6 is 11.3 Å². The lowest BCUT2D eigenvalue weighted by molar-refractivity contribution is -0.122. The van der Waals surface area contributed by atoms with Gasteiger partial charge in [0.25, 0.3) is 0 Å². The van der Waals surface area contributed by atoms with Gasteiger partial charge in [0, 0.05) is 29.6 Å². The van der Waals surface area contributed by atoms with Gasteiger partial charge in [-0.3, -0.25) is 9.59 Å². The molecule has 1 aliphatic rings. The standard InChI is InChI=1S/C21H19N3O2S/c1-14-7-9-17(10-8-14)24-12-16(11-19(24)25)20(26)23-21-22-18(13-27-21)15-5-3-2-4-6-15/h2-10,13,16H,11-12H2,1H3,(H,22,23,26)/t16-/m0/s1. The summed E-state index contributed by atoms with van der Waals surface area (Å²) in [4.78, 5) is 31.1. The second-order valence-electron chi connectivity index (χ2n) is 6.63. The Hall–Kier alpha value is -2.99. The lowest BCUT2D eigenvalue weighted by Gasteiger charge is -2.16. The van der Waals surface area contributed by atoms with Crippen LogP contribution in [0.1, 0.15) is 12.0 Å². The molecular formula is C21H19N3O2S. The molecule has 27 heavy (non-hydrogen) atoms. The molecule has 0 bridgehead atoms. The number of nitrogens with zero attached hydrogens (tertiary/aromatic N) is 2. The van der Waals surface area contributed by atoms with Crippen molar-refractivity contribution in [2.75, 3.05) is 16.8 Å². The summed E-state index contributed by atoms with van der Waals surface area (Å²) in [5.74, 6) is -0.557. The van der Waals surface area contributed by atoms with E-state index in [1.807, 2.05) is 66.9 Å². The van der Waals surface area contributed by atoms with E-state index in [4.69, 9.17) is 0 Å². The third-order valence-electron chi connectivity index (χ3n) is 4.65. The van der Waals surface area contributed by atoms with E-state index < -0.39 is 0 Å². The van der Waals surface area contributed by atoms with E-state index in [0.29, 0.717) is 11.7 Å². The quantitative estimate of drug-likeness (QED) is 0.744. The molecule has 0 spiro atoms. The van der Waals surface area contributed by atoms with Crippen molar-refractivity contribution in [2.24, 2.45) is 5.92 Å². The first-order valence-electron chi connectivity index (χ1n) is 8.79. The second-order valence-corrected chi connectivity index (χ2v) is 7.49. The molecule has 3 aromatic rings. The van der Waals surface area contributed by atoms with E-state index in [-0.39, 0.29) is 24.2 Å². The first-order chi connectivity index (χ1) is 13.1. The number of aromatic nitrogens is 1. The highest BCUT2D eigenvalue weighted by atomic mass is 32.1. The molecule has 4 rings (SSSR count). The molecular weight excluding hydrogens is 358 g/mol. The SMILES string of the molecule is Cc1ccc(N2C[C@@H](C(=O)Nc3nc(-c4ccccc4)cs3)CC2=O)cc1. The molecule has 1 aromatic heterocycles. The molecule has 2 heterocycles. The maximum absolute atomic E-state index is 12.6. The maximum Gasteiger partial charge on any atom is 0.231 e. The highest BCUT2D eigenvalue weighted by Gasteiger charge is 2.35. The fraction of sp³-hybridized carbons (Fsp3) is 0.190. The maximum atomic E-state index is 12.6. The van der Waals surface area contributed by atoms with Gasteiger partial charge in [-0.2, -0.15) is 0 Å². The molecule has 1 atom stereocenters. The van der Waals surface area contributed by atoms with Crippen LogP contribution in [0.3, 0.4) is 0 Å². The van der Waals surface area contributed by atoms with Crippen LogP contribution < -0.4 is 10.2 Å². The highest BCUT2D eigenvalue weighted by molar-refractivity contribution is 7.14. The second kappa shape index (κ2) is 7.32. The topological polar surface area (TPSA) is 62.3 Å². The largest absolute Gasteiger partial charge is 0.312 e. The number of benzene rings is 2. The van der Waals surface area contributed by atoms with Crippen molar-refractivity contribution in [3.63, 3.8) is 0 Å². The van der Waals surface area contributed by atoms with Crippen LogP contribution in [-0.4, -0.2) is 23.3 Å². The van der Waals surface area contributed by atoms with Gasteiger partial charge in [-0.05, 0) is 19.1 Å². The summed E-state index contributed by atoms with van der Waals surface area (Å²) in [6.07, 6.45) is 0.219. The Labute approximate surface area is 161 Å². The van der Waals surface area contributed by atoms with Crippen molar-refractivity contribution < 1.29 is 9.59 Å². The summed E-state index contributed by atoms with van der Waals surface area (Å²) in [6, 6.07) is 17.6. The molecule has 0 radical (unpaired) electrons. The molecule has 2 amide bonds. The van der Waals surface area contributed by atoms with Crippen molar-refractivity contribution >= 4 is 34.0 Å². The number of hydrogen-bond donors (Lipinski definition) is 1. The Kier molecular flexibility index (Phi) is 4.73. The minimum Gasteiger partial charge on any atom is -0.312 e. The Balaban J connectivity index is 1.43. The molecule has 1 fully saturated rings. The summed E-state index contributed by atoms with van der Waals surface area (Å²) < 4.78 is 0. The lowest BCUT2D eigenvalue weighted by atomic mass is 10.1. The van der Waals surface area contributed by atoms with Crippen LogP contribution in [0, 0.1) is 12.8 Å². The summed E-state index contributed by atoms with van der Waals surface area (Å²) in [5, 5.41) is 5.34. The average molecular weight is 377 g/mol. The molecule has 136 valence electrons. The molecule has 1 N–H and O–H groups in total. The van der Waals surface area contributed by atoms with Crippen LogP contribution in [0.25, 0.3) is 11.3 Å². The Morgan fingerprint density at radius 1 is 1.15 bits per heavy atom. The van der Waals surface area contributed by atoms with Gasteiger partial charge >= 0.3 is 0 Å². The molecule has 6 heteroatoms. The predicted octanol–water partition coefficient (Wildman–Crippen LogP) is 4.11. The zero-order valence-corrected chi connectivity index (χ0v) is 15.7. The van der Waals surface area contributed by atoms with Gasteiger partial charge in [0.1, 0.15) is 0 Å². The normalized spacial score (nSPS) is 16.6. The molecule has 2 aromatic carbocycles. The van der Waals surface area contributed by atoms with Crippen LogP contribution in [0.15, 0.2) is 60.0 Å². The summed E-state index contributed by atoms with van der Waals surface area (Å²) in [5.41, 5.74) is 3.81. The summed E-state index contributed by atoms with van der Waals surface area (Å²) in [7, 11) is 0. The number of carbonyl (C=O) groups is 2. The van der Waals surface area contributed by atoms with Crippen LogP contribution in [0.2, 0.25) is 0 Å². The van der Waals surface area contributed by atoms with Crippen molar-refractivity contribution in [3.05, 3.63) is 65.5 Å². The Morgan fingerprint density at radius 3 is 2.63 bits per heavy atom. The van der Waals surface area contributed by atoms with Gasteiger partial charge in [0.15, 0.2) is 5.13 Å². The number of thiazole rings is 1. The number of carbonyl (C=O) groups excluding carboxylic acids is 2. The van der Waals surface area contributed by atoms with E-state index in [1.165, 1.54) is 11.3 Å². The zero-order valence-electron chi connectivity index (χ0n) is 14.9. The lowest BCUT2D eigenvalue weighted by Crippen LogP contribution is -2.28. The zero-order chi connectivity index (χ0) is 18.8. The fourth-order valence-electron chi connectivity index (χ4n) is 3.14. The van der Waals surface area contributed by atoms with Crippen LogP contribution in [0.4, 0.5) is 10.8 Å². The first kappa shape index (κ1) is 17.4. The van der Waals surface area contributed by atoms with Gasteiger partial charge in [0.05, 0.1) is 11.6 Å². The van der Waals surface area contributed by atoms with E-state index in [0.717, 1.165) is 22.5 Å². The molecule has 1 saturated heterocycles. The van der Waals surface area contributed by atoms with E-state index >= 15 is 0 Å². The Bertz CT molecular complexity index is 967. The predicted molar refractivity (Wildman–Crippen MR) is 108 cm³/mol. The van der Waals surface area contributed by atoms with Crippen molar-refractivity contribution in [2.45, 2.75) is 13.3 Å². The van der Waals surface area contributed by atoms with Gasteiger partial charge < -0.3 is 10.2 Å². The fourth-order valence-corrected chi connectivity index (χ4v) is 3.86. The molecule has 0 unspecified atom stereocenters. The first-order valence-corrected chi connectivity index (χ1v) is 9.67. The van der Waals surface area contributed by atoms with Gasteiger partial charge in [0.2, 0.25) is 11.8 Å². The highest BCUT2D eigenvalue weighted by Crippen LogP contribution is 2.28. The Morgan fingerprint density at radius 2 is 1.89 bits per heavy atom. The minimum absolute atomic E-state index is 0.0249. The summed E-state index contributed by atoms with van der Waals surface area (Å²) >= 11 is 1.39. The van der Waals surface area contributed by atoms with E-state index in [1.54, 1.807) is 4.90 Å². The number of anilines is 2. The number of rotatable bonds is 4. The average Bonchev–Trinajstić information content (AvgIpc) is 3.30. The van der Waals surface area contributed by atoms with Crippen molar-refractivity contribution in [3.8, 4) is 11.3 Å². The van der Waals surface area contributed by atoms with Gasteiger partial charge in [-0.15, -0.1) is 11.3 Å². The number of hydrogen-bond acceptors (Lipinski definition) is 4. The molecule has 1 aliphatic heterocycles. The third-order valence-corrected chi connectivity index (χ3v) is 5.40. The number of aryl methyl sites for hydroxylation is 1. The monoisotopic (exact) mass is 377 g/mol. The molecule has 0 aliphatic carbocycles. The smallest absolute Gasteiger partial charge is 0.231 e. The molecule has 0 saturated carbocycles. The van der Waals surface area contributed by atoms with Crippen LogP contribution in [0.5, 0.6) is 0 Å². The number of amides is 2. The third kappa shape index (κ3) is 3.75. The molecule has 5 nitrogen and oxygen atoms in total. The summed E-state index contributed by atoms with van der Waals surface area (Å²) in [6.45, 7) is 2.40. The van der Waals surface area contributed by atoms with E-state index in [9.17, 15) is 9.59 Å². The van der Waals surface area contributed by atoms with Crippen LogP contribution in [-0.2, 0) is 9.59 Å². The number of nitrogens with one attached hydrogen (secondary N) is 1. The van der Waals surface area contributed by atoms with Gasteiger partial charge in [-0.1, -0.05) is 48.0 Å². The van der Waals surface area contributed by atoms with Gasteiger partial charge in [-0.25, -0.2) is 4.98 Å². The minimum atomic E-state index is -0.372. The van der Waals surface area contributed by atoms with E-state index in [2.05, 4.69) is 10.3 Å². The van der Waals surface area contributed by atoms with Crippen molar-refractivity contribution in [1.29, 1.82) is 0 Å². The van der Waals surface area contributed by atoms with Crippen molar-refractivity contribution in [1.82, 2.24) is 4.98 Å².